The second kappa shape index (κ2) is 7.41. The Labute approximate surface area is 170 Å². The van der Waals surface area contributed by atoms with E-state index in [1.54, 1.807) is 42.5 Å². The van der Waals surface area contributed by atoms with Crippen molar-refractivity contribution in [1.82, 2.24) is 9.97 Å². The van der Waals surface area contributed by atoms with E-state index in [-0.39, 0.29) is 27.5 Å². The van der Waals surface area contributed by atoms with Crippen molar-refractivity contribution in [3.05, 3.63) is 93.3 Å². The number of rotatable bonds is 5. The van der Waals surface area contributed by atoms with Crippen molar-refractivity contribution in [3.8, 4) is 11.3 Å². The predicted octanol–water partition coefficient (Wildman–Crippen LogP) is 3.30. The maximum Gasteiger partial charge on any atom is 0.275 e. The Morgan fingerprint density at radius 3 is 2.50 bits per heavy atom. The van der Waals surface area contributed by atoms with Crippen molar-refractivity contribution in [1.29, 1.82) is 0 Å². The molecule has 0 bridgehead atoms. The van der Waals surface area contributed by atoms with Crippen LogP contribution in [0.25, 0.3) is 22.3 Å². The maximum atomic E-state index is 12.8. The summed E-state index contributed by atoms with van der Waals surface area (Å²) in [4.78, 5) is 29.7. The van der Waals surface area contributed by atoms with E-state index in [1.807, 2.05) is 0 Å². The van der Waals surface area contributed by atoms with Crippen LogP contribution < -0.4 is 10.3 Å². The number of hydrogen-bond acceptors (Lipinski definition) is 6. The molecular weight excluding hydrogens is 408 g/mol. The molecule has 0 saturated carbocycles. The van der Waals surface area contributed by atoms with E-state index in [4.69, 9.17) is 0 Å². The summed E-state index contributed by atoms with van der Waals surface area (Å²) >= 11 is 0. The van der Waals surface area contributed by atoms with Crippen LogP contribution in [0.5, 0.6) is 0 Å². The summed E-state index contributed by atoms with van der Waals surface area (Å²) in [5.41, 5.74) is 0.723. The lowest BCUT2D eigenvalue weighted by atomic mass is 10.1. The molecule has 0 amide bonds. The molecule has 1 aromatic heterocycles. The molecule has 0 aliphatic carbocycles. The molecule has 10 heteroatoms. The number of non-ortho nitro benzene ring substituents is 1. The number of aromatic nitrogens is 2. The van der Waals surface area contributed by atoms with Gasteiger partial charge in [0.05, 0.1) is 26.5 Å². The molecule has 0 saturated heterocycles. The summed E-state index contributed by atoms with van der Waals surface area (Å²) < 4.78 is 28.0. The number of aromatic amines is 1. The van der Waals surface area contributed by atoms with Gasteiger partial charge in [0.2, 0.25) is 0 Å². The van der Waals surface area contributed by atoms with Gasteiger partial charge in [-0.05, 0) is 24.3 Å². The van der Waals surface area contributed by atoms with Crippen LogP contribution in [0.2, 0.25) is 0 Å². The summed E-state index contributed by atoms with van der Waals surface area (Å²) in [6.07, 6.45) is 0. The van der Waals surface area contributed by atoms with E-state index in [0.29, 0.717) is 11.0 Å². The SMILES string of the molecule is O=c1[nH]c2ccccc2nc1-c1ccccc1NS(=O)(=O)c1cccc([N+](=O)[O-])c1. The Kier molecular flexibility index (Phi) is 4.76. The lowest BCUT2D eigenvalue weighted by Gasteiger charge is -2.12. The van der Waals surface area contributed by atoms with Crippen molar-refractivity contribution in [3.63, 3.8) is 0 Å². The van der Waals surface area contributed by atoms with Gasteiger partial charge in [-0.2, -0.15) is 0 Å². The topological polar surface area (TPSA) is 135 Å². The third kappa shape index (κ3) is 3.63. The van der Waals surface area contributed by atoms with E-state index >= 15 is 0 Å². The molecular formula is C20H14N4O5S. The van der Waals surface area contributed by atoms with Crippen LogP contribution >= 0.6 is 0 Å². The first-order valence-electron chi connectivity index (χ1n) is 8.71. The molecule has 3 aromatic carbocycles. The van der Waals surface area contributed by atoms with Gasteiger partial charge in [-0.25, -0.2) is 13.4 Å². The molecule has 9 nitrogen and oxygen atoms in total. The van der Waals surface area contributed by atoms with Gasteiger partial charge in [-0.3, -0.25) is 19.6 Å². The zero-order chi connectivity index (χ0) is 21.3. The largest absolute Gasteiger partial charge is 0.319 e. The number of para-hydroxylation sites is 3. The van der Waals surface area contributed by atoms with Crippen LogP contribution in [0, 0.1) is 10.1 Å². The molecule has 0 spiro atoms. The fourth-order valence-electron chi connectivity index (χ4n) is 2.96. The minimum Gasteiger partial charge on any atom is -0.319 e. The fourth-order valence-corrected chi connectivity index (χ4v) is 4.08. The lowest BCUT2D eigenvalue weighted by molar-refractivity contribution is -0.385. The molecule has 4 rings (SSSR count). The van der Waals surface area contributed by atoms with Crippen molar-refractivity contribution in [2.24, 2.45) is 0 Å². The number of hydrogen-bond donors (Lipinski definition) is 2. The molecule has 150 valence electrons. The quantitative estimate of drug-likeness (QED) is 0.374. The number of anilines is 1. The highest BCUT2D eigenvalue weighted by Gasteiger charge is 2.20. The lowest BCUT2D eigenvalue weighted by Crippen LogP contribution is -2.16. The molecule has 2 N–H and O–H groups in total. The summed E-state index contributed by atoms with van der Waals surface area (Å²) in [7, 11) is -4.15. The second-order valence-electron chi connectivity index (χ2n) is 6.34. The Morgan fingerprint density at radius 2 is 1.70 bits per heavy atom. The van der Waals surface area contributed by atoms with E-state index in [9.17, 15) is 23.3 Å². The minimum absolute atomic E-state index is 0.0473. The normalized spacial score (nSPS) is 11.3. The van der Waals surface area contributed by atoms with Gasteiger partial charge in [0.1, 0.15) is 5.69 Å². The van der Waals surface area contributed by atoms with Crippen LogP contribution in [0.3, 0.4) is 0 Å². The van der Waals surface area contributed by atoms with E-state index in [1.165, 1.54) is 24.3 Å². The Morgan fingerprint density at radius 1 is 0.967 bits per heavy atom. The predicted molar refractivity (Wildman–Crippen MR) is 112 cm³/mol. The third-order valence-corrected chi connectivity index (χ3v) is 5.73. The molecule has 0 fully saturated rings. The van der Waals surface area contributed by atoms with Crippen LogP contribution in [0.15, 0.2) is 82.5 Å². The highest BCUT2D eigenvalue weighted by Crippen LogP contribution is 2.28. The summed E-state index contributed by atoms with van der Waals surface area (Å²) in [6, 6.07) is 18.0. The average Bonchev–Trinajstić information content (AvgIpc) is 2.73. The number of benzene rings is 3. The molecule has 0 unspecified atom stereocenters. The van der Waals surface area contributed by atoms with Gasteiger partial charge in [0, 0.05) is 17.7 Å². The number of nitrogens with one attached hydrogen (secondary N) is 2. The summed E-state index contributed by atoms with van der Waals surface area (Å²) in [5, 5.41) is 11.0. The Hall–Kier alpha value is -4.05. The van der Waals surface area contributed by atoms with Gasteiger partial charge < -0.3 is 4.98 Å². The number of fused-ring (bicyclic) bond motifs is 1. The molecule has 0 atom stereocenters. The van der Waals surface area contributed by atoms with Gasteiger partial charge in [0.25, 0.3) is 21.3 Å². The first-order valence-corrected chi connectivity index (χ1v) is 10.2. The van der Waals surface area contributed by atoms with Crippen molar-refractivity contribution >= 4 is 32.4 Å². The smallest absolute Gasteiger partial charge is 0.275 e. The molecule has 0 radical (unpaired) electrons. The molecule has 30 heavy (non-hydrogen) atoms. The maximum absolute atomic E-state index is 12.8. The highest BCUT2D eigenvalue weighted by molar-refractivity contribution is 7.92. The second-order valence-corrected chi connectivity index (χ2v) is 8.02. The van der Waals surface area contributed by atoms with Crippen LogP contribution in [0.1, 0.15) is 0 Å². The van der Waals surface area contributed by atoms with E-state index < -0.39 is 20.5 Å². The van der Waals surface area contributed by atoms with Crippen molar-refractivity contribution in [2.45, 2.75) is 4.90 Å². The van der Waals surface area contributed by atoms with Crippen LogP contribution in [-0.2, 0) is 10.0 Å². The van der Waals surface area contributed by atoms with Crippen LogP contribution in [0.4, 0.5) is 11.4 Å². The zero-order valence-corrected chi connectivity index (χ0v) is 16.1. The number of sulfonamides is 1. The number of nitro groups is 1. The van der Waals surface area contributed by atoms with E-state index in [2.05, 4.69) is 14.7 Å². The molecule has 0 aliphatic heterocycles. The van der Waals surface area contributed by atoms with Crippen molar-refractivity contribution < 1.29 is 13.3 Å². The molecule has 0 aliphatic rings. The first kappa shape index (κ1) is 19.3. The van der Waals surface area contributed by atoms with Gasteiger partial charge in [0.15, 0.2) is 0 Å². The third-order valence-electron chi connectivity index (χ3n) is 4.36. The fraction of sp³-hybridized carbons (Fsp3) is 0. The standard InChI is InChI=1S/C20H14N4O5S/c25-20-19(21-17-10-3-4-11-18(17)22-20)15-8-1-2-9-16(15)23-30(28,29)14-7-5-6-13(12-14)24(26)27/h1-12,23H,(H,22,25). The Balaban J connectivity index is 1.80. The van der Waals surface area contributed by atoms with Gasteiger partial charge >= 0.3 is 0 Å². The van der Waals surface area contributed by atoms with Crippen LogP contribution in [-0.4, -0.2) is 23.3 Å². The monoisotopic (exact) mass is 422 g/mol. The summed E-state index contributed by atoms with van der Waals surface area (Å²) in [5.74, 6) is 0. The van der Waals surface area contributed by atoms with Gasteiger partial charge in [-0.1, -0.05) is 36.4 Å². The highest BCUT2D eigenvalue weighted by atomic mass is 32.2. The zero-order valence-electron chi connectivity index (χ0n) is 15.3. The number of nitro benzene ring substituents is 1. The number of H-pyrrole nitrogens is 1. The average molecular weight is 422 g/mol. The Bertz CT molecular complexity index is 1450. The number of nitrogens with zero attached hydrogens (tertiary/aromatic N) is 2. The van der Waals surface area contributed by atoms with Gasteiger partial charge in [-0.15, -0.1) is 0 Å². The first-order chi connectivity index (χ1) is 14.3. The van der Waals surface area contributed by atoms with Crippen molar-refractivity contribution in [2.75, 3.05) is 4.72 Å². The molecule has 1 heterocycles. The summed E-state index contributed by atoms with van der Waals surface area (Å²) in [6.45, 7) is 0. The van der Waals surface area contributed by atoms with E-state index in [0.717, 1.165) is 6.07 Å². The molecule has 4 aromatic rings. The minimum atomic E-state index is -4.15.